The molecule has 1 fully saturated rings. The summed E-state index contributed by atoms with van der Waals surface area (Å²) in [7, 11) is 0. The maximum Gasteiger partial charge on any atom is 0.184 e. The number of aliphatic hydroxyl groups is 2. The Balaban J connectivity index is 1.41. The highest BCUT2D eigenvalue weighted by Crippen LogP contribution is 2.27. The van der Waals surface area contributed by atoms with Crippen molar-refractivity contribution in [1.29, 1.82) is 0 Å². The number of benzene rings is 3. The van der Waals surface area contributed by atoms with Gasteiger partial charge in [-0.25, -0.2) is 0 Å². The van der Waals surface area contributed by atoms with Crippen LogP contribution in [0, 0.1) is 0 Å². The van der Waals surface area contributed by atoms with Crippen LogP contribution in [0.15, 0.2) is 91.0 Å². The van der Waals surface area contributed by atoms with Gasteiger partial charge in [-0.3, -0.25) is 0 Å². The summed E-state index contributed by atoms with van der Waals surface area (Å²) in [4.78, 5) is 0. The van der Waals surface area contributed by atoms with Gasteiger partial charge in [0.25, 0.3) is 0 Å². The normalized spacial score (nSPS) is 25.1. The molecule has 174 valence electrons. The molecule has 1 heterocycles. The van der Waals surface area contributed by atoms with E-state index in [0.29, 0.717) is 6.61 Å². The fraction of sp³-hybridized carbons (Fsp3) is 0.333. The lowest BCUT2D eigenvalue weighted by atomic mass is 9.98. The van der Waals surface area contributed by atoms with E-state index in [4.69, 9.17) is 18.9 Å². The van der Waals surface area contributed by atoms with E-state index in [1.165, 1.54) is 0 Å². The quantitative estimate of drug-likeness (QED) is 0.493. The summed E-state index contributed by atoms with van der Waals surface area (Å²) < 4.78 is 23.5. The molecular formula is C27H30O6. The molecule has 1 aliphatic heterocycles. The first-order chi connectivity index (χ1) is 16.2. The molecular weight excluding hydrogens is 420 g/mol. The molecule has 0 aliphatic carbocycles. The average Bonchev–Trinajstić information content (AvgIpc) is 2.86. The van der Waals surface area contributed by atoms with Crippen LogP contribution in [-0.2, 0) is 38.8 Å². The van der Waals surface area contributed by atoms with Gasteiger partial charge in [-0.2, -0.15) is 0 Å². The van der Waals surface area contributed by atoms with E-state index in [0.717, 1.165) is 16.7 Å². The molecule has 4 rings (SSSR count). The third-order valence-electron chi connectivity index (χ3n) is 5.60. The zero-order valence-electron chi connectivity index (χ0n) is 18.4. The zero-order valence-corrected chi connectivity index (χ0v) is 18.4. The Bertz CT molecular complexity index is 937. The number of rotatable bonds is 10. The van der Waals surface area contributed by atoms with Crippen LogP contribution in [0.2, 0.25) is 0 Å². The zero-order chi connectivity index (χ0) is 22.9. The van der Waals surface area contributed by atoms with Crippen LogP contribution in [0.1, 0.15) is 16.7 Å². The van der Waals surface area contributed by atoms with Gasteiger partial charge < -0.3 is 29.2 Å². The Kier molecular flexibility index (Phi) is 8.60. The first kappa shape index (κ1) is 23.6. The molecule has 5 atom stereocenters. The lowest BCUT2D eigenvalue weighted by Crippen LogP contribution is -2.60. The molecule has 3 aromatic rings. The maximum absolute atomic E-state index is 11.1. The number of ether oxygens (including phenoxy) is 4. The fourth-order valence-corrected chi connectivity index (χ4v) is 3.81. The standard InChI is InChI=1S/C27H30O6/c28-24-23(19-30-16-20-10-4-1-5-11-20)33-27(29)26(32-18-22-14-8-3-9-15-22)25(24)31-17-21-12-6-2-7-13-21/h1-15,23-29H,16-19H2/t23-,24+,25+,26+,27+/m1/s1. The minimum Gasteiger partial charge on any atom is -0.387 e. The molecule has 0 aromatic heterocycles. The van der Waals surface area contributed by atoms with E-state index in [-0.39, 0.29) is 19.8 Å². The van der Waals surface area contributed by atoms with Crippen LogP contribution in [0.3, 0.4) is 0 Å². The van der Waals surface area contributed by atoms with Crippen molar-refractivity contribution in [3.8, 4) is 0 Å². The Morgan fingerprint density at radius 1 is 0.606 bits per heavy atom. The van der Waals surface area contributed by atoms with Gasteiger partial charge in [0, 0.05) is 0 Å². The molecule has 33 heavy (non-hydrogen) atoms. The van der Waals surface area contributed by atoms with Crippen molar-refractivity contribution >= 4 is 0 Å². The van der Waals surface area contributed by atoms with Crippen molar-refractivity contribution in [3.05, 3.63) is 108 Å². The Labute approximate surface area is 194 Å². The molecule has 2 N–H and O–H groups in total. The highest BCUT2D eigenvalue weighted by molar-refractivity contribution is 5.15. The van der Waals surface area contributed by atoms with E-state index in [1.54, 1.807) is 0 Å². The number of hydrogen-bond acceptors (Lipinski definition) is 6. The van der Waals surface area contributed by atoms with Crippen molar-refractivity contribution < 1.29 is 29.2 Å². The van der Waals surface area contributed by atoms with Gasteiger partial charge in [-0.15, -0.1) is 0 Å². The Morgan fingerprint density at radius 3 is 1.58 bits per heavy atom. The highest BCUT2D eigenvalue weighted by Gasteiger charge is 2.46. The second-order valence-electron chi connectivity index (χ2n) is 8.08. The molecule has 0 spiro atoms. The molecule has 1 aliphatic rings. The van der Waals surface area contributed by atoms with Crippen molar-refractivity contribution in [2.24, 2.45) is 0 Å². The van der Waals surface area contributed by atoms with Crippen molar-refractivity contribution in [2.45, 2.75) is 50.5 Å². The van der Waals surface area contributed by atoms with Crippen LogP contribution in [0.5, 0.6) is 0 Å². The van der Waals surface area contributed by atoms with Crippen LogP contribution in [0.25, 0.3) is 0 Å². The molecule has 0 amide bonds. The average molecular weight is 451 g/mol. The summed E-state index contributed by atoms with van der Waals surface area (Å²) in [5, 5.41) is 21.8. The third kappa shape index (κ3) is 6.71. The fourth-order valence-electron chi connectivity index (χ4n) is 3.81. The number of hydrogen-bond donors (Lipinski definition) is 2. The van der Waals surface area contributed by atoms with Crippen LogP contribution < -0.4 is 0 Å². The Morgan fingerprint density at radius 2 is 1.06 bits per heavy atom. The summed E-state index contributed by atoms with van der Waals surface area (Å²) in [5.74, 6) is 0. The van der Waals surface area contributed by atoms with Gasteiger partial charge in [0.15, 0.2) is 6.29 Å². The predicted octanol–water partition coefficient (Wildman–Crippen LogP) is 3.45. The third-order valence-corrected chi connectivity index (χ3v) is 5.60. The van der Waals surface area contributed by atoms with Crippen LogP contribution >= 0.6 is 0 Å². The summed E-state index contributed by atoms with van der Waals surface area (Å²) >= 11 is 0. The van der Waals surface area contributed by atoms with E-state index in [1.807, 2.05) is 91.0 Å². The first-order valence-electron chi connectivity index (χ1n) is 11.1. The highest BCUT2D eigenvalue weighted by atomic mass is 16.7. The van der Waals surface area contributed by atoms with Crippen LogP contribution in [-0.4, -0.2) is 47.5 Å². The topological polar surface area (TPSA) is 77.4 Å². The molecule has 0 bridgehead atoms. The minimum atomic E-state index is -1.26. The summed E-state index contributed by atoms with van der Waals surface area (Å²) in [6, 6.07) is 29.1. The van der Waals surface area contributed by atoms with Gasteiger partial charge >= 0.3 is 0 Å². The van der Waals surface area contributed by atoms with Gasteiger partial charge in [0.05, 0.1) is 26.4 Å². The van der Waals surface area contributed by atoms with E-state index in [9.17, 15) is 10.2 Å². The molecule has 6 nitrogen and oxygen atoms in total. The van der Waals surface area contributed by atoms with Crippen molar-refractivity contribution in [3.63, 3.8) is 0 Å². The lowest BCUT2D eigenvalue weighted by Gasteiger charge is -2.42. The largest absolute Gasteiger partial charge is 0.387 e. The SMILES string of the molecule is O[C@@H]1[C@H](OCc2ccccc2)[C@H](OCc2ccccc2)[C@@H](O)O[C@@H]1COCc1ccccc1. The van der Waals surface area contributed by atoms with Crippen LogP contribution in [0.4, 0.5) is 0 Å². The van der Waals surface area contributed by atoms with E-state index in [2.05, 4.69) is 0 Å². The van der Waals surface area contributed by atoms with E-state index >= 15 is 0 Å². The second kappa shape index (κ2) is 12.0. The maximum atomic E-state index is 11.1. The molecule has 0 unspecified atom stereocenters. The van der Waals surface area contributed by atoms with E-state index < -0.39 is 30.7 Å². The molecule has 3 aromatic carbocycles. The number of aliphatic hydroxyl groups excluding tert-OH is 2. The predicted molar refractivity (Wildman–Crippen MR) is 123 cm³/mol. The van der Waals surface area contributed by atoms with Gasteiger partial charge in [0.2, 0.25) is 0 Å². The minimum absolute atomic E-state index is 0.115. The van der Waals surface area contributed by atoms with Crippen molar-refractivity contribution in [1.82, 2.24) is 0 Å². The van der Waals surface area contributed by atoms with Gasteiger partial charge in [-0.05, 0) is 16.7 Å². The summed E-state index contributed by atoms with van der Waals surface area (Å²) in [6.07, 6.45) is -4.68. The van der Waals surface area contributed by atoms with Crippen molar-refractivity contribution in [2.75, 3.05) is 6.61 Å². The summed E-state index contributed by atoms with van der Waals surface area (Å²) in [5.41, 5.74) is 2.93. The monoisotopic (exact) mass is 450 g/mol. The summed E-state index contributed by atoms with van der Waals surface area (Å²) in [6.45, 7) is 1.04. The van der Waals surface area contributed by atoms with Gasteiger partial charge in [-0.1, -0.05) is 91.0 Å². The second-order valence-corrected chi connectivity index (χ2v) is 8.08. The Hall–Kier alpha value is -2.58. The molecule has 1 saturated heterocycles. The van der Waals surface area contributed by atoms with Gasteiger partial charge in [0.1, 0.15) is 24.4 Å². The first-order valence-corrected chi connectivity index (χ1v) is 11.1. The lowest BCUT2D eigenvalue weighted by molar-refractivity contribution is -0.309. The molecule has 6 heteroatoms. The molecule has 0 saturated carbocycles. The smallest absolute Gasteiger partial charge is 0.184 e. The molecule has 0 radical (unpaired) electrons.